The Kier molecular flexibility index (Phi) is 8.41. The van der Waals surface area contributed by atoms with Crippen molar-refractivity contribution in [2.75, 3.05) is 14.7 Å². The van der Waals surface area contributed by atoms with Gasteiger partial charge < -0.3 is 23.5 Å². The van der Waals surface area contributed by atoms with E-state index in [2.05, 4.69) is 221 Å². The monoisotopic (exact) mass is 759 g/mol. The molecule has 2 heterocycles. The molecule has 59 heavy (non-hydrogen) atoms. The molecule has 0 fully saturated rings. The molecule has 0 spiro atoms. The van der Waals surface area contributed by atoms with E-state index in [-0.39, 0.29) is 0 Å². The van der Waals surface area contributed by atoms with Gasteiger partial charge in [0.25, 0.3) is 0 Å². The second-order valence-corrected chi connectivity index (χ2v) is 14.5. The number of fused-ring (bicyclic) bond motifs is 6. The van der Waals surface area contributed by atoms with Crippen LogP contribution in [0.3, 0.4) is 0 Å². The zero-order valence-electron chi connectivity index (χ0n) is 32.0. The Hall–Kier alpha value is -8.02. The second kappa shape index (κ2) is 14.5. The molecule has 0 aliphatic carbocycles. The molecular formula is C54H37N3O2. The number of nitrogens with zero attached hydrogens (tertiary/aromatic N) is 3. The summed E-state index contributed by atoms with van der Waals surface area (Å²) < 4.78 is 13.5. The number of para-hydroxylation sites is 6. The van der Waals surface area contributed by atoms with Crippen LogP contribution in [0.2, 0.25) is 0 Å². The Labute approximate surface area is 341 Å². The average Bonchev–Trinajstić information content (AvgIpc) is 3.88. The van der Waals surface area contributed by atoms with Gasteiger partial charge in [0, 0.05) is 50.3 Å². The fraction of sp³-hybridized carbons (Fsp3) is 0. The first-order chi connectivity index (χ1) is 29.3. The highest BCUT2D eigenvalue weighted by Gasteiger charge is 2.28. The zero-order chi connectivity index (χ0) is 39.1. The molecule has 0 bridgehead atoms. The average molecular weight is 760 g/mol. The van der Waals surface area contributed by atoms with E-state index in [1.54, 1.807) is 0 Å². The maximum Gasteiger partial charge on any atom is 0.161 e. The molecule has 0 N–H and O–H groups in total. The lowest BCUT2D eigenvalue weighted by atomic mass is 10.0. The molecule has 0 saturated carbocycles. The lowest BCUT2D eigenvalue weighted by Gasteiger charge is -2.33. The standard InChI is InChI=1S/C54H37N3O2/c1-6-19-38(20-7-1)55(39-21-8-2-9-22-39)48-35-34-44-46-37-43(33-36-50(46)59-54(44)53(48)57(41-25-12-4-13-26-41)42-27-14-5-15-28-42)56(40-23-10-3-11-24-40)47-30-18-32-51-52(47)45-29-16-17-31-49(45)58-51/h1-37H. The Morgan fingerprint density at radius 3 is 1.32 bits per heavy atom. The molecule has 0 atom stereocenters. The highest BCUT2D eigenvalue weighted by Crippen LogP contribution is 2.51. The SMILES string of the molecule is c1ccc(N(c2ccccc2)c2ccc3c(oc4ccc(N(c5ccccc5)c5cccc6oc7ccccc7c56)cc43)c2N(c2ccccc2)c2ccccc2)cc1. The van der Waals surface area contributed by atoms with Crippen molar-refractivity contribution < 1.29 is 8.83 Å². The summed E-state index contributed by atoms with van der Waals surface area (Å²) in [6.07, 6.45) is 0. The molecule has 5 nitrogen and oxygen atoms in total. The summed E-state index contributed by atoms with van der Waals surface area (Å²) in [5.74, 6) is 0. The normalized spacial score (nSPS) is 11.4. The number of rotatable bonds is 9. The largest absolute Gasteiger partial charge is 0.456 e. The van der Waals surface area contributed by atoms with Crippen LogP contribution in [0.5, 0.6) is 0 Å². The van der Waals surface area contributed by atoms with Gasteiger partial charge in [-0.3, -0.25) is 0 Å². The van der Waals surface area contributed by atoms with E-state index in [1.165, 1.54) is 0 Å². The van der Waals surface area contributed by atoms with Crippen molar-refractivity contribution in [3.8, 4) is 0 Å². The first-order valence-corrected chi connectivity index (χ1v) is 19.9. The Balaban J connectivity index is 1.20. The van der Waals surface area contributed by atoms with Crippen molar-refractivity contribution in [2.45, 2.75) is 0 Å². The van der Waals surface area contributed by atoms with Crippen molar-refractivity contribution in [3.63, 3.8) is 0 Å². The minimum Gasteiger partial charge on any atom is -0.456 e. The van der Waals surface area contributed by atoms with Gasteiger partial charge >= 0.3 is 0 Å². The van der Waals surface area contributed by atoms with Crippen LogP contribution in [0, 0.1) is 0 Å². The minimum atomic E-state index is 0.786. The lowest BCUT2D eigenvalue weighted by molar-refractivity contribution is 0.668. The van der Waals surface area contributed by atoms with Gasteiger partial charge in [0.05, 0.1) is 16.8 Å². The summed E-state index contributed by atoms with van der Waals surface area (Å²) in [6.45, 7) is 0. The fourth-order valence-corrected chi connectivity index (χ4v) is 8.43. The van der Waals surface area contributed by atoms with E-state index in [0.717, 1.165) is 95.1 Å². The zero-order valence-corrected chi connectivity index (χ0v) is 32.0. The van der Waals surface area contributed by atoms with Crippen molar-refractivity contribution in [3.05, 3.63) is 224 Å². The molecule has 0 saturated heterocycles. The van der Waals surface area contributed by atoms with E-state index in [0.29, 0.717) is 0 Å². The van der Waals surface area contributed by atoms with Gasteiger partial charge in [-0.15, -0.1) is 0 Å². The Morgan fingerprint density at radius 1 is 0.271 bits per heavy atom. The van der Waals surface area contributed by atoms with E-state index in [4.69, 9.17) is 8.83 Å². The van der Waals surface area contributed by atoms with E-state index in [1.807, 2.05) is 18.2 Å². The molecule has 0 unspecified atom stereocenters. The second-order valence-electron chi connectivity index (χ2n) is 14.5. The van der Waals surface area contributed by atoms with Crippen LogP contribution in [-0.2, 0) is 0 Å². The number of hydrogen-bond donors (Lipinski definition) is 0. The van der Waals surface area contributed by atoms with Gasteiger partial charge in [-0.1, -0.05) is 115 Å². The van der Waals surface area contributed by atoms with Crippen LogP contribution < -0.4 is 14.7 Å². The summed E-state index contributed by atoms with van der Waals surface area (Å²) in [6, 6.07) is 78.3. The molecule has 0 aliphatic heterocycles. The van der Waals surface area contributed by atoms with Crippen molar-refractivity contribution in [1.29, 1.82) is 0 Å². The number of hydrogen-bond acceptors (Lipinski definition) is 5. The summed E-state index contributed by atoms with van der Waals surface area (Å²) in [5, 5.41) is 4.18. The molecule has 0 amide bonds. The topological polar surface area (TPSA) is 36.0 Å². The molecule has 2 aromatic heterocycles. The third-order valence-corrected chi connectivity index (χ3v) is 11.0. The Morgan fingerprint density at radius 2 is 0.746 bits per heavy atom. The van der Waals surface area contributed by atoms with Gasteiger partial charge in [0.2, 0.25) is 0 Å². The predicted molar refractivity (Wildman–Crippen MR) is 245 cm³/mol. The van der Waals surface area contributed by atoms with Gasteiger partial charge in [0.1, 0.15) is 22.4 Å². The summed E-state index contributed by atoms with van der Waals surface area (Å²) in [5.41, 5.74) is 12.4. The van der Waals surface area contributed by atoms with Gasteiger partial charge in [-0.05, 0) is 109 Å². The highest BCUT2D eigenvalue weighted by atomic mass is 16.3. The molecule has 11 aromatic rings. The van der Waals surface area contributed by atoms with Crippen LogP contribution in [0.4, 0.5) is 51.2 Å². The van der Waals surface area contributed by atoms with E-state index in [9.17, 15) is 0 Å². The van der Waals surface area contributed by atoms with Crippen LogP contribution in [-0.4, -0.2) is 0 Å². The molecular weight excluding hydrogens is 723 g/mol. The van der Waals surface area contributed by atoms with Crippen molar-refractivity contribution in [2.24, 2.45) is 0 Å². The minimum absolute atomic E-state index is 0.786. The molecule has 0 aliphatic rings. The van der Waals surface area contributed by atoms with Gasteiger partial charge in [-0.25, -0.2) is 0 Å². The summed E-state index contributed by atoms with van der Waals surface area (Å²) in [4.78, 5) is 6.96. The smallest absolute Gasteiger partial charge is 0.161 e. The summed E-state index contributed by atoms with van der Waals surface area (Å²) in [7, 11) is 0. The van der Waals surface area contributed by atoms with Crippen LogP contribution in [0.15, 0.2) is 233 Å². The van der Waals surface area contributed by atoms with Crippen LogP contribution in [0.25, 0.3) is 43.9 Å². The fourth-order valence-electron chi connectivity index (χ4n) is 8.43. The maximum absolute atomic E-state index is 7.13. The number of benzene rings is 9. The first kappa shape index (κ1) is 34.2. The molecule has 9 aromatic carbocycles. The molecule has 0 radical (unpaired) electrons. The van der Waals surface area contributed by atoms with Crippen LogP contribution in [0.1, 0.15) is 0 Å². The molecule has 280 valence electrons. The first-order valence-electron chi connectivity index (χ1n) is 19.9. The third-order valence-electron chi connectivity index (χ3n) is 11.0. The van der Waals surface area contributed by atoms with Crippen molar-refractivity contribution >= 4 is 95.1 Å². The Bertz CT molecular complexity index is 3140. The quantitative estimate of drug-likeness (QED) is 0.146. The lowest BCUT2D eigenvalue weighted by Crippen LogP contribution is -2.17. The van der Waals surface area contributed by atoms with Crippen LogP contribution >= 0.6 is 0 Å². The highest BCUT2D eigenvalue weighted by molar-refractivity contribution is 6.16. The van der Waals surface area contributed by atoms with Crippen molar-refractivity contribution in [1.82, 2.24) is 0 Å². The third kappa shape index (κ3) is 5.96. The number of furan rings is 2. The summed E-state index contributed by atoms with van der Waals surface area (Å²) >= 11 is 0. The van der Waals surface area contributed by atoms with E-state index >= 15 is 0 Å². The number of anilines is 9. The maximum atomic E-state index is 7.13. The van der Waals surface area contributed by atoms with Gasteiger partial charge in [-0.2, -0.15) is 0 Å². The van der Waals surface area contributed by atoms with E-state index < -0.39 is 0 Å². The van der Waals surface area contributed by atoms with Gasteiger partial charge in [0.15, 0.2) is 5.58 Å². The molecule has 11 rings (SSSR count). The predicted octanol–water partition coefficient (Wildman–Crippen LogP) is 15.9. The molecule has 5 heteroatoms.